The van der Waals surface area contributed by atoms with Gasteiger partial charge in [-0.3, -0.25) is 0 Å². The van der Waals surface area contributed by atoms with Crippen LogP contribution in [-0.4, -0.2) is 42.3 Å². The molecule has 0 amide bonds. The molecule has 3 unspecified atom stereocenters. The lowest BCUT2D eigenvalue weighted by molar-refractivity contribution is 0.0204. The highest BCUT2D eigenvalue weighted by Gasteiger charge is 2.42. The molecular weight excluding hydrogens is 274 g/mol. The molecule has 5 heteroatoms. The number of aliphatic hydroxyl groups excluding tert-OH is 1. The van der Waals surface area contributed by atoms with E-state index >= 15 is 0 Å². The molecule has 0 aromatic carbocycles. The second-order valence-electron chi connectivity index (χ2n) is 6.91. The van der Waals surface area contributed by atoms with E-state index in [-0.39, 0.29) is 18.1 Å². The van der Waals surface area contributed by atoms with Crippen LogP contribution in [0.5, 0.6) is 0 Å². The zero-order valence-electron chi connectivity index (χ0n) is 12.2. The lowest BCUT2D eigenvalue weighted by atomic mass is 9.79. The van der Waals surface area contributed by atoms with Gasteiger partial charge in [-0.15, -0.1) is 0 Å². The third-order valence-corrected chi connectivity index (χ3v) is 7.34. The Morgan fingerprint density at radius 3 is 2.35 bits per heavy atom. The predicted octanol–water partition coefficient (Wildman–Crippen LogP) is 2.13. The SMILES string of the molecule is O=S(=O)(CC1CC1)N1CCCCC1C1CCCCC1O. The molecule has 2 aliphatic carbocycles. The minimum Gasteiger partial charge on any atom is -0.393 e. The number of piperidine rings is 1. The van der Waals surface area contributed by atoms with Gasteiger partial charge < -0.3 is 5.11 Å². The summed E-state index contributed by atoms with van der Waals surface area (Å²) in [5.74, 6) is 0.906. The van der Waals surface area contributed by atoms with Crippen LogP contribution in [0.1, 0.15) is 57.8 Å². The van der Waals surface area contributed by atoms with Crippen molar-refractivity contribution < 1.29 is 13.5 Å². The maximum Gasteiger partial charge on any atom is 0.214 e. The average molecular weight is 301 g/mol. The fourth-order valence-electron chi connectivity index (χ4n) is 3.97. The van der Waals surface area contributed by atoms with Crippen molar-refractivity contribution in [2.24, 2.45) is 11.8 Å². The second-order valence-corrected chi connectivity index (χ2v) is 8.88. The van der Waals surface area contributed by atoms with Crippen molar-refractivity contribution in [1.29, 1.82) is 0 Å². The van der Waals surface area contributed by atoms with Crippen LogP contribution in [0.25, 0.3) is 0 Å². The molecule has 3 fully saturated rings. The number of hydrogen-bond acceptors (Lipinski definition) is 3. The Bertz CT molecular complexity index is 432. The molecule has 1 heterocycles. The van der Waals surface area contributed by atoms with Crippen molar-refractivity contribution in [2.45, 2.75) is 69.9 Å². The van der Waals surface area contributed by atoms with E-state index < -0.39 is 10.0 Å². The summed E-state index contributed by atoms with van der Waals surface area (Å²) < 4.78 is 27.1. The highest BCUT2D eigenvalue weighted by Crippen LogP contribution is 2.37. The van der Waals surface area contributed by atoms with Gasteiger partial charge in [-0.25, -0.2) is 8.42 Å². The summed E-state index contributed by atoms with van der Waals surface area (Å²) in [6, 6.07) is 0.0581. The molecule has 20 heavy (non-hydrogen) atoms. The first kappa shape index (κ1) is 14.8. The average Bonchev–Trinajstić information content (AvgIpc) is 3.23. The molecule has 3 aliphatic rings. The van der Waals surface area contributed by atoms with Gasteiger partial charge >= 0.3 is 0 Å². The van der Waals surface area contributed by atoms with Gasteiger partial charge in [-0.05, 0) is 44.4 Å². The first-order chi connectivity index (χ1) is 9.58. The van der Waals surface area contributed by atoms with Gasteiger partial charge in [-0.2, -0.15) is 4.31 Å². The zero-order valence-corrected chi connectivity index (χ0v) is 13.0. The summed E-state index contributed by atoms with van der Waals surface area (Å²) in [7, 11) is -3.12. The van der Waals surface area contributed by atoms with Crippen LogP contribution in [0, 0.1) is 11.8 Å². The minimum atomic E-state index is -3.12. The first-order valence-electron chi connectivity index (χ1n) is 8.25. The third-order valence-electron chi connectivity index (χ3n) is 5.27. The Morgan fingerprint density at radius 1 is 0.950 bits per heavy atom. The van der Waals surface area contributed by atoms with E-state index in [1.54, 1.807) is 4.31 Å². The molecule has 3 atom stereocenters. The van der Waals surface area contributed by atoms with Crippen LogP contribution in [-0.2, 0) is 10.0 Å². The van der Waals surface area contributed by atoms with E-state index in [1.807, 2.05) is 0 Å². The smallest absolute Gasteiger partial charge is 0.214 e. The number of rotatable bonds is 4. The molecule has 0 bridgehead atoms. The third kappa shape index (κ3) is 3.20. The maximum atomic E-state index is 12.6. The van der Waals surface area contributed by atoms with E-state index in [0.29, 0.717) is 18.2 Å². The molecule has 0 spiro atoms. The molecule has 1 aliphatic heterocycles. The van der Waals surface area contributed by atoms with Crippen molar-refractivity contribution in [1.82, 2.24) is 4.31 Å². The van der Waals surface area contributed by atoms with Crippen LogP contribution < -0.4 is 0 Å². The highest BCUT2D eigenvalue weighted by molar-refractivity contribution is 7.89. The summed E-state index contributed by atoms with van der Waals surface area (Å²) in [5.41, 5.74) is 0. The maximum absolute atomic E-state index is 12.6. The van der Waals surface area contributed by atoms with Crippen LogP contribution in [0.15, 0.2) is 0 Å². The molecule has 116 valence electrons. The van der Waals surface area contributed by atoms with Gasteiger partial charge in [0.25, 0.3) is 0 Å². The second kappa shape index (κ2) is 5.93. The summed E-state index contributed by atoms with van der Waals surface area (Å²) in [4.78, 5) is 0. The van der Waals surface area contributed by atoms with E-state index in [0.717, 1.165) is 57.8 Å². The number of nitrogens with zero attached hydrogens (tertiary/aromatic N) is 1. The van der Waals surface area contributed by atoms with Gasteiger partial charge in [0.05, 0.1) is 11.9 Å². The molecule has 2 saturated carbocycles. The Balaban J connectivity index is 1.75. The van der Waals surface area contributed by atoms with Crippen LogP contribution in [0.3, 0.4) is 0 Å². The van der Waals surface area contributed by atoms with Crippen molar-refractivity contribution in [2.75, 3.05) is 12.3 Å². The highest BCUT2D eigenvalue weighted by atomic mass is 32.2. The first-order valence-corrected chi connectivity index (χ1v) is 9.86. The summed E-state index contributed by atoms with van der Waals surface area (Å²) >= 11 is 0. The summed E-state index contributed by atoms with van der Waals surface area (Å²) in [5, 5.41) is 10.3. The van der Waals surface area contributed by atoms with Crippen LogP contribution in [0.4, 0.5) is 0 Å². The predicted molar refractivity (Wildman–Crippen MR) is 78.8 cm³/mol. The standard InChI is InChI=1S/C15H27NO3S/c17-15-7-2-1-5-13(15)14-6-3-4-10-16(14)20(18,19)11-12-8-9-12/h12-15,17H,1-11H2. The topological polar surface area (TPSA) is 57.6 Å². The van der Waals surface area contributed by atoms with Gasteiger partial charge in [0, 0.05) is 18.5 Å². The minimum absolute atomic E-state index is 0.0581. The van der Waals surface area contributed by atoms with Gasteiger partial charge in [-0.1, -0.05) is 19.3 Å². The Hall–Kier alpha value is -0.130. The molecule has 4 nitrogen and oxygen atoms in total. The Labute approximate surface area is 122 Å². The zero-order chi connectivity index (χ0) is 14.2. The van der Waals surface area contributed by atoms with Crippen molar-refractivity contribution in [3.05, 3.63) is 0 Å². The van der Waals surface area contributed by atoms with Crippen LogP contribution >= 0.6 is 0 Å². The van der Waals surface area contributed by atoms with Crippen molar-refractivity contribution in [3.63, 3.8) is 0 Å². The van der Waals surface area contributed by atoms with Crippen LogP contribution in [0.2, 0.25) is 0 Å². The molecule has 1 saturated heterocycles. The Kier molecular flexibility index (Phi) is 4.39. The Morgan fingerprint density at radius 2 is 1.65 bits per heavy atom. The summed E-state index contributed by atoms with van der Waals surface area (Å²) in [6.45, 7) is 0.670. The van der Waals surface area contributed by atoms with E-state index in [2.05, 4.69) is 0 Å². The molecule has 0 aromatic rings. The lowest BCUT2D eigenvalue weighted by Crippen LogP contribution is -2.51. The molecule has 3 rings (SSSR count). The van der Waals surface area contributed by atoms with Crippen molar-refractivity contribution in [3.8, 4) is 0 Å². The van der Waals surface area contributed by atoms with E-state index in [1.165, 1.54) is 0 Å². The monoisotopic (exact) mass is 301 g/mol. The normalized spacial score (nSPS) is 37.0. The molecule has 0 radical (unpaired) electrons. The fourth-order valence-corrected chi connectivity index (χ4v) is 6.17. The van der Waals surface area contributed by atoms with E-state index in [9.17, 15) is 13.5 Å². The molecular formula is C15H27NO3S. The van der Waals surface area contributed by atoms with Crippen molar-refractivity contribution >= 4 is 10.0 Å². The molecule has 1 N–H and O–H groups in total. The van der Waals surface area contributed by atoms with E-state index in [4.69, 9.17) is 0 Å². The van der Waals surface area contributed by atoms with Gasteiger partial charge in [0.1, 0.15) is 0 Å². The number of sulfonamides is 1. The fraction of sp³-hybridized carbons (Fsp3) is 1.00. The molecule has 0 aromatic heterocycles. The largest absolute Gasteiger partial charge is 0.393 e. The van der Waals surface area contributed by atoms with Gasteiger partial charge in [0.2, 0.25) is 10.0 Å². The van der Waals surface area contributed by atoms with Gasteiger partial charge in [0.15, 0.2) is 0 Å². The number of aliphatic hydroxyl groups is 1. The summed E-state index contributed by atoms with van der Waals surface area (Å²) in [6.07, 6.45) is 8.91. The lowest BCUT2D eigenvalue weighted by Gasteiger charge is -2.42. The number of hydrogen-bond donors (Lipinski definition) is 1. The quantitative estimate of drug-likeness (QED) is 0.865.